The third kappa shape index (κ3) is 3.27. The van der Waals surface area contributed by atoms with E-state index in [0.717, 1.165) is 17.2 Å². The van der Waals surface area contributed by atoms with E-state index < -0.39 is 0 Å². The van der Waals surface area contributed by atoms with Crippen LogP contribution in [0.15, 0.2) is 18.2 Å². The van der Waals surface area contributed by atoms with Crippen molar-refractivity contribution in [1.82, 2.24) is 0 Å². The molecule has 2 nitrogen and oxygen atoms in total. The van der Waals surface area contributed by atoms with Crippen molar-refractivity contribution in [2.45, 2.75) is 51.6 Å². The fourth-order valence-corrected chi connectivity index (χ4v) is 3.16. The maximum Gasteiger partial charge on any atom is 0.123 e. The van der Waals surface area contributed by atoms with Crippen LogP contribution < -0.4 is 10.6 Å². The number of hydrogen-bond donors (Lipinski definition) is 1. The van der Waals surface area contributed by atoms with Crippen LogP contribution in [0.3, 0.4) is 0 Å². The molecule has 0 aromatic heterocycles. The molecule has 1 saturated carbocycles. The quantitative estimate of drug-likeness (QED) is 0.898. The Morgan fingerprint density at radius 1 is 1.37 bits per heavy atom. The number of anilines is 1. The van der Waals surface area contributed by atoms with Crippen LogP contribution in [-0.2, 0) is 0 Å². The highest BCUT2D eigenvalue weighted by Crippen LogP contribution is 2.33. The van der Waals surface area contributed by atoms with Gasteiger partial charge in [-0.25, -0.2) is 4.39 Å². The van der Waals surface area contributed by atoms with E-state index >= 15 is 0 Å². The molecule has 2 N–H and O–H groups in total. The van der Waals surface area contributed by atoms with Crippen molar-refractivity contribution in [1.29, 1.82) is 0 Å². The van der Waals surface area contributed by atoms with Gasteiger partial charge in [0.25, 0.3) is 0 Å². The number of nitrogens with two attached hydrogens (primary N) is 1. The fraction of sp³-hybridized carbons (Fsp3) is 0.625. The van der Waals surface area contributed by atoms with Gasteiger partial charge in [0.05, 0.1) is 0 Å². The van der Waals surface area contributed by atoms with Crippen molar-refractivity contribution in [3.05, 3.63) is 29.6 Å². The topological polar surface area (TPSA) is 29.3 Å². The first-order valence-electron chi connectivity index (χ1n) is 7.27. The Hall–Kier alpha value is -1.09. The predicted octanol–water partition coefficient (Wildman–Crippen LogP) is 3.86. The fourth-order valence-electron chi connectivity index (χ4n) is 3.16. The van der Waals surface area contributed by atoms with E-state index in [1.165, 1.54) is 31.7 Å². The lowest BCUT2D eigenvalue weighted by molar-refractivity contribution is 0.336. The maximum absolute atomic E-state index is 13.4. The molecule has 106 valence electrons. The van der Waals surface area contributed by atoms with Gasteiger partial charge in [0, 0.05) is 24.8 Å². The molecule has 0 amide bonds. The normalized spacial score (nSPS) is 25.1. The largest absolute Gasteiger partial charge is 0.371 e. The van der Waals surface area contributed by atoms with Crippen molar-refractivity contribution < 1.29 is 4.39 Å². The Morgan fingerprint density at radius 2 is 2.11 bits per heavy atom. The summed E-state index contributed by atoms with van der Waals surface area (Å²) in [7, 11) is 2.11. The SMILES string of the molecule is CC1CCCC(N(C)c2ccc(F)cc2[C@@H](C)N)C1. The molecule has 3 heteroatoms. The van der Waals surface area contributed by atoms with Crippen molar-refractivity contribution in [3.8, 4) is 0 Å². The molecule has 1 aliphatic rings. The summed E-state index contributed by atoms with van der Waals surface area (Å²) in [4.78, 5) is 2.30. The van der Waals surface area contributed by atoms with Crippen LogP contribution in [0.2, 0.25) is 0 Å². The average Bonchev–Trinajstić information content (AvgIpc) is 2.37. The summed E-state index contributed by atoms with van der Waals surface area (Å²) in [5.74, 6) is 0.571. The van der Waals surface area contributed by atoms with Crippen molar-refractivity contribution in [2.75, 3.05) is 11.9 Å². The van der Waals surface area contributed by atoms with Gasteiger partial charge in [-0.1, -0.05) is 19.8 Å². The van der Waals surface area contributed by atoms with Gasteiger partial charge < -0.3 is 10.6 Å². The summed E-state index contributed by atoms with van der Waals surface area (Å²) >= 11 is 0. The summed E-state index contributed by atoms with van der Waals surface area (Å²) in [6, 6.07) is 5.38. The number of nitrogens with zero attached hydrogens (tertiary/aromatic N) is 1. The summed E-state index contributed by atoms with van der Waals surface area (Å²) in [5.41, 5.74) is 7.97. The maximum atomic E-state index is 13.4. The molecule has 0 bridgehead atoms. The van der Waals surface area contributed by atoms with Gasteiger partial charge in [-0.3, -0.25) is 0 Å². The average molecular weight is 264 g/mol. The molecule has 2 unspecified atom stereocenters. The lowest BCUT2D eigenvalue weighted by Gasteiger charge is -2.37. The van der Waals surface area contributed by atoms with E-state index in [4.69, 9.17) is 5.73 Å². The van der Waals surface area contributed by atoms with Gasteiger partial charge in [0.15, 0.2) is 0 Å². The first-order chi connectivity index (χ1) is 8.99. The number of halogens is 1. The molecule has 3 atom stereocenters. The van der Waals surface area contributed by atoms with E-state index in [-0.39, 0.29) is 11.9 Å². The Kier molecular flexibility index (Phi) is 4.46. The molecule has 1 fully saturated rings. The van der Waals surface area contributed by atoms with Crippen LogP contribution in [0, 0.1) is 11.7 Å². The second-order valence-corrected chi connectivity index (χ2v) is 6.03. The summed E-state index contributed by atoms with van der Waals surface area (Å²) in [6.07, 6.45) is 5.04. The van der Waals surface area contributed by atoms with Gasteiger partial charge in [0.2, 0.25) is 0 Å². The second kappa shape index (κ2) is 5.91. The molecule has 1 aromatic carbocycles. The third-order valence-electron chi connectivity index (χ3n) is 4.32. The molecular formula is C16H25FN2. The highest BCUT2D eigenvalue weighted by molar-refractivity contribution is 5.55. The zero-order chi connectivity index (χ0) is 14.0. The minimum atomic E-state index is -0.207. The second-order valence-electron chi connectivity index (χ2n) is 6.03. The predicted molar refractivity (Wildman–Crippen MR) is 78.8 cm³/mol. The zero-order valence-electron chi connectivity index (χ0n) is 12.2. The Labute approximate surface area is 115 Å². The van der Waals surface area contributed by atoms with Gasteiger partial charge in [-0.05, 0) is 49.4 Å². The summed E-state index contributed by atoms with van der Waals surface area (Å²) in [6.45, 7) is 4.23. The standard InChI is InChI=1S/C16H25FN2/c1-11-5-4-6-14(9-11)19(3)16-8-7-13(17)10-15(16)12(2)18/h7-8,10-12,14H,4-6,9,18H2,1-3H3/t11?,12-,14?/m1/s1. The highest BCUT2D eigenvalue weighted by atomic mass is 19.1. The minimum absolute atomic E-state index is 0.144. The van der Waals surface area contributed by atoms with Crippen LogP contribution in [-0.4, -0.2) is 13.1 Å². The van der Waals surface area contributed by atoms with Gasteiger partial charge in [-0.15, -0.1) is 0 Å². The van der Waals surface area contributed by atoms with Crippen molar-refractivity contribution in [3.63, 3.8) is 0 Å². The molecule has 19 heavy (non-hydrogen) atoms. The first kappa shape index (κ1) is 14.3. The van der Waals surface area contributed by atoms with E-state index in [1.807, 2.05) is 13.0 Å². The Balaban J connectivity index is 2.25. The van der Waals surface area contributed by atoms with Crippen molar-refractivity contribution in [2.24, 2.45) is 11.7 Å². The van der Waals surface area contributed by atoms with Crippen molar-refractivity contribution >= 4 is 5.69 Å². The number of benzene rings is 1. The number of rotatable bonds is 3. The summed E-state index contributed by atoms with van der Waals surface area (Å²) < 4.78 is 13.4. The summed E-state index contributed by atoms with van der Waals surface area (Å²) in [5, 5.41) is 0. The first-order valence-corrected chi connectivity index (χ1v) is 7.27. The molecule has 0 radical (unpaired) electrons. The molecule has 0 spiro atoms. The minimum Gasteiger partial charge on any atom is -0.371 e. The molecule has 2 rings (SSSR count). The Bertz CT molecular complexity index is 431. The lowest BCUT2D eigenvalue weighted by Crippen LogP contribution is -2.36. The monoisotopic (exact) mass is 264 g/mol. The molecule has 0 heterocycles. The molecule has 1 aromatic rings. The van der Waals surface area contributed by atoms with Gasteiger partial charge in [0.1, 0.15) is 5.82 Å². The zero-order valence-corrected chi connectivity index (χ0v) is 12.2. The van der Waals surface area contributed by atoms with E-state index in [1.54, 1.807) is 6.07 Å². The van der Waals surface area contributed by atoms with Crippen LogP contribution >= 0.6 is 0 Å². The van der Waals surface area contributed by atoms with Gasteiger partial charge >= 0.3 is 0 Å². The molecular weight excluding hydrogens is 239 g/mol. The third-order valence-corrected chi connectivity index (χ3v) is 4.32. The van der Waals surface area contributed by atoms with Crippen LogP contribution in [0.1, 0.15) is 51.1 Å². The smallest absolute Gasteiger partial charge is 0.123 e. The van der Waals surface area contributed by atoms with Crippen LogP contribution in [0.4, 0.5) is 10.1 Å². The molecule has 0 aliphatic heterocycles. The van der Waals surface area contributed by atoms with E-state index in [2.05, 4.69) is 18.9 Å². The van der Waals surface area contributed by atoms with Gasteiger partial charge in [-0.2, -0.15) is 0 Å². The highest BCUT2D eigenvalue weighted by Gasteiger charge is 2.24. The molecule has 0 saturated heterocycles. The Morgan fingerprint density at radius 3 is 2.74 bits per heavy atom. The van der Waals surface area contributed by atoms with E-state index in [0.29, 0.717) is 6.04 Å². The van der Waals surface area contributed by atoms with E-state index in [9.17, 15) is 4.39 Å². The number of hydrogen-bond acceptors (Lipinski definition) is 2. The van der Waals surface area contributed by atoms with Crippen LogP contribution in [0.5, 0.6) is 0 Å². The van der Waals surface area contributed by atoms with Crippen LogP contribution in [0.25, 0.3) is 0 Å². The molecule has 1 aliphatic carbocycles. The lowest BCUT2D eigenvalue weighted by atomic mass is 9.86.